The van der Waals surface area contributed by atoms with Gasteiger partial charge in [0.1, 0.15) is 5.75 Å². The minimum Gasteiger partial charge on any atom is -0.492 e. The largest absolute Gasteiger partial charge is 0.492 e. The molecule has 0 saturated carbocycles. The van der Waals surface area contributed by atoms with Crippen LogP contribution in [0.15, 0.2) is 41.3 Å². The van der Waals surface area contributed by atoms with Crippen LogP contribution in [0.3, 0.4) is 0 Å². The van der Waals surface area contributed by atoms with Gasteiger partial charge in [-0.05, 0) is 88.9 Å². The van der Waals surface area contributed by atoms with Crippen LogP contribution in [0.4, 0.5) is 5.69 Å². The summed E-state index contributed by atoms with van der Waals surface area (Å²) in [5, 5.41) is 0. The van der Waals surface area contributed by atoms with Gasteiger partial charge in [-0.1, -0.05) is 42.2 Å². The quantitative estimate of drug-likeness (QED) is 0.242. The number of halogens is 2. The molecule has 1 aliphatic rings. The van der Waals surface area contributed by atoms with E-state index in [4.69, 9.17) is 17.0 Å². The molecule has 2 aromatic carbocycles. The van der Waals surface area contributed by atoms with Crippen LogP contribution in [0.1, 0.15) is 18.1 Å². The van der Waals surface area contributed by atoms with Gasteiger partial charge in [0.2, 0.25) is 0 Å². The van der Waals surface area contributed by atoms with Gasteiger partial charge in [0.05, 0.1) is 20.8 Å². The number of carbonyl (C=O) groups excluding carboxylic acids is 1. The molecule has 0 radical (unpaired) electrons. The lowest BCUT2D eigenvalue weighted by Crippen LogP contribution is -2.28. The van der Waals surface area contributed by atoms with Crippen molar-refractivity contribution in [3.63, 3.8) is 0 Å². The number of rotatable bonds is 4. The number of amides is 1. The van der Waals surface area contributed by atoms with E-state index in [0.717, 1.165) is 29.7 Å². The van der Waals surface area contributed by atoms with Crippen LogP contribution in [-0.2, 0) is 4.79 Å². The van der Waals surface area contributed by atoms with Gasteiger partial charge in [0.25, 0.3) is 5.91 Å². The molecule has 0 unspecified atom stereocenters. The second-order valence-electron chi connectivity index (χ2n) is 5.54. The molecule has 7 heteroatoms. The smallest absolute Gasteiger partial charge is 0.270 e. The molecule has 0 spiro atoms. The average molecular weight is 607 g/mol. The highest BCUT2D eigenvalue weighted by atomic mass is 127. The normalized spacial score (nSPS) is 15.8. The van der Waals surface area contributed by atoms with Gasteiger partial charge in [-0.25, -0.2) is 0 Å². The number of thioether (sulfide) groups is 1. The minimum absolute atomic E-state index is 0.0920. The lowest BCUT2D eigenvalue weighted by Gasteiger charge is -2.16. The Balaban J connectivity index is 2.03. The molecule has 3 nitrogen and oxygen atoms in total. The summed E-state index contributed by atoms with van der Waals surface area (Å²) < 4.78 is 8.47. The first-order valence-corrected chi connectivity index (χ1v) is 11.3. The summed E-state index contributed by atoms with van der Waals surface area (Å²) in [5.41, 5.74) is 2.75. The molecule has 0 atom stereocenters. The highest BCUT2D eigenvalue weighted by molar-refractivity contribution is 14.1. The van der Waals surface area contributed by atoms with E-state index in [0.29, 0.717) is 15.8 Å². The molecule has 134 valence electrons. The first kappa shape index (κ1) is 20.1. The minimum atomic E-state index is -0.0920. The van der Waals surface area contributed by atoms with Crippen LogP contribution in [0, 0.1) is 14.1 Å². The van der Waals surface area contributed by atoms with Crippen molar-refractivity contribution in [3.05, 3.63) is 59.6 Å². The third-order valence-electron chi connectivity index (χ3n) is 3.76. The zero-order chi connectivity index (χ0) is 18.8. The molecule has 3 rings (SSSR count). The first-order chi connectivity index (χ1) is 12.4. The van der Waals surface area contributed by atoms with Crippen molar-refractivity contribution in [2.24, 2.45) is 0 Å². The first-order valence-electron chi connectivity index (χ1n) is 7.87. The number of nitrogens with zero attached hydrogens (tertiary/aromatic N) is 1. The van der Waals surface area contributed by atoms with Crippen LogP contribution >= 0.6 is 69.2 Å². The van der Waals surface area contributed by atoms with Crippen molar-refractivity contribution in [2.75, 3.05) is 11.5 Å². The Morgan fingerprint density at radius 3 is 2.69 bits per heavy atom. The molecule has 1 heterocycles. The maximum absolute atomic E-state index is 13.0. The van der Waals surface area contributed by atoms with Crippen LogP contribution < -0.4 is 9.64 Å². The van der Waals surface area contributed by atoms with E-state index in [1.807, 2.05) is 50.3 Å². The predicted molar refractivity (Wildman–Crippen MR) is 130 cm³/mol. The number of carbonyl (C=O) groups is 1. The molecular weight excluding hydrogens is 592 g/mol. The van der Waals surface area contributed by atoms with Gasteiger partial charge in [-0.15, -0.1) is 0 Å². The van der Waals surface area contributed by atoms with Gasteiger partial charge in [0.15, 0.2) is 4.32 Å². The number of anilines is 1. The number of aryl methyl sites for hydroxylation is 1. The Morgan fingerprint density at radius 2 is 2.00 bits per heavy atom. The lowest BCUT2D eigenvalue weighted by atomic mass is 10.1. The van der Waals surface area contributed by atoms with E-state index in [2.05, 4.69) is 51.2 Å². The molecular formula is C19H15I2NO2S2. The second kappa shape index (κ2) is 8.57. The summed E-state index contributed by atoms with van der Waals surface area (Å²) in [6, 6.07) is 11.8. The van der Waals surface area contributed by atoms with E-state index in [1.54, 1.807) is 4.90 Å². The third-order valence-corrected chi connectivity index (χ3v) is 6.49. The predicted octanol–water partition coefficient (Wildman–Crippen LogP) is 6.01. The molecule has 0 aliphatic carbocycles. The van der Waals surface area contributed by atoms with E-state index < -0.39 is 0 Å². The lowest BCUT2D eigenvalue weighted by molar-refractivity contribution is -0.113. The van der Waals surface area contributed by atoms with Crippen molar-refractivity contribution in [1.82, 2.24) is 0 Å². The summed E-state index contributed by atoms with van der Waals surface area (Å²) in [5.74, 6) is 0.709. The summed E-state index contributed by atoms with van der Waals surface area (Å²) in [4.78, 5) is 15.2. The van der Waals surface area contributed by atoms with Crippen molar-refractivity contribution < 1.29 is 9.53 Å². The molecule has 0 aromatic heterocycles. The Kier molecular flexibility index (Phi) is 6.63. The Labute approximate surface area is 189 Å². The summed E-state index contributed by atoms with van der Waals surface area (Å²) in [6.07, 6.45) is 1.88. The number of thiocarbonyl (C=S) groups is 1. The fourth-order valence-electron chi connectivity index (χ4n) is 2.62. The molecule has 1 saturated heterocycles. The zero-order valence-corrected chi connectivity index (χ0v) is 20.0. The number of benzene rings is 2. The Bertz CT molecular complexity index is 928. The Hall–Kier alpha value is -0.650. The second-order valence-corrected chi connectivity index (χ2v) is 9.63. The zero-order valence-electron chi connectivity index (χ0n) is 14.1. The van der Waals surface area contributed by atoms with Crippen molar-refractivity contribution in [2.45, 2.75) is 13.8 Å². The Morgan fingerprint density at radius 1 is 1.27 bits per heavy atom. The van der Waals surface area contributed by atoms with Gasteiger partial charge in [-0.2, -0.15) is 0 Å². The van der Waals surface area contributed by atoms with E-state index in [1.165, 1.54) is 11.8 Å². The summed E-state index contributed by atoms with van der Waals surface area (Å²) in [6.45, 7) is 4.50. The monoisotopic (exact) mass is 607 g/mol. The molecule has 26 heavy (non-hydrogen) atoms. The topological polar surface area (TPSA) is 29.5 Å². The number of hydrogen-bond donors (Lipinski definition) is 0. The van der Waals surface area contributed by atoms with E-state index in [9.17, 15) is 4.79 Å². The van der Waals surface area contributed by atoms with Crippen molar-refractivity contribution in [3.8, 4) is 5.75 Å². The number of hydrogen-bond acceptors (Lipinski definition) is 4. The number of para-hydroxylation sites is 1. The SMILES string of the molecule is CCOc1c(I)cc(I)cc1/C=C1/SC(=S)N(c2ccccc2C)C1=O. The maximum atomic E-state index is 13.0. The molecule has 1 amide bonds. The summed E-state index contributed by atoms with van der Waals surface area (Å²) >= 11 is 11.3. The fraction of sp³-hybridized carbons (Fsp3) is 0.158. The molecule has 2 aromatic rings. The van der Waals surface area contributed by atoms with Gasteiger partial charge in [0, 0.05) is 9.13 Å². The maximum Gasteiger partial charge on any atom is 0.270 e. The fourth-order valence-corrected chi connectivity index (χ4v) is 5.94. The highest BCUT2D eigenvalue weighted by Crippen LogP contribution is 2.39. The van der Waals surface area contributed by atoms with E-state index in [-0.39, 0.29) is 5.91 Å². The standard InChI is InChI=1S/C19H15I2NO2S2/c1-3-24-17-12(8-13(20)10-14(17)21)9-16-18(23)22(19(25)26-16)15-7-5-4-6-11(15)2/h4-10H,3H2,1-2H3/b16-9+. The van der Waals surface area contributed by atoms with Gasteiger partial charge in [-0.3, -0.25) is 9.69 Å². The molecule has 1 fully saturated rings. The molecule has 0 N–H and O–H groups in total. The van der Waals surface area contributed by atoms with Gasteiger partial charge < -0.3 is 4.74 Å². The highest BCUT2D eigenvalue weighted by Gasteiger charge is 2.34. The van der Waals surface area contributed by atoms with Crippen LogP contribution in [0.5, 0.6) is 5.75 Å². The summed E-state index contributed by atoms with van der Waals surface area (Å²) in [7, 11) is 0. The molecule has 1 aliphatic heterocycles. The van der Waals surface area contributed by atoms with Crippen LogP contribution in [0.2, 0.25) is 0 Å². The van der Waals surface area contributed by atoms with Crippen LogP contribution in [0.25, 0.3) is 6.08 Å². The van der Waals surface area contributed by atoms with Crippen LogP contribution in [-0.4, -0.2) is 16.8 Å². The third kappa shape index (κ3) is 4.10. The molecule has 0 bridgehead atoms. The van der Waals surface area contributed by atoms with Gasteiger partial charge >= 0.3 is 0 Å². The van der Waals surface area contributed by atoms with E-state index >= 15 is 0 Å². The van der Waals surface area contributed by atoms with Crippen molar-refractivity contribution >= 4 is 91.2 Å². The number of ether oxygens (including phenoxy) is 1. The average Bonchev–Trinajstić information content (AvgIpc) is 2.85. The van der Waals surface area contributed by atoms with Crippen molar-refractivity contribution in [1.29, 1.82) is 0 Å².